The minimum atomic E-state index is 0.247. The first-order valence-corrected chi connectivity index (χ1v) is 7.43. The molecule has 1 aromatic heterocycles. The van der Waals surface area contributed by atoms with E-state index in [4.69, 9.17) is 12.2 Å². The van der Waals surface area contributed by atoms with E-state index in [0.717, 1.165) is 28.2 Å². The highest BCUT2D eigenvalue weighted by Crippen LogP contribution is 2.26. The zero-order chi connectivity index (χ0) is 12.3. The summed E-state index contributed by atoms with van der Waals surface area (Å²) < 4.78 is 1.82. The molecule has 0 aliphatic rings. The van der Waals surface area contributed by atoms with Crippen molar-refractivity contribution in [3.63, 3.8) is 0 Å². The van der Waals surface area contributed by atoms with Crippen LogP contribution in [-0.4, -0.2) is 14.7 Å². The predicted molar refractivity (Wildman–Crippen MR) is 77.5 cm³/mol. The fourth-order valence-electron chi connectivity index (χ4n) is 1.15. The van der Waals surface area contributed by atoms with Gasteiger partial charge >= 0.3 is 0 Å². The molecule has 0 saturated heterocycles. The number of H-pyrrole nitrogens is 1. The van der Waals surface area contributed by atoms with Gasteiger partial charge < -0.3 is 4.98 Å². The van der Waals surface area contributed by atoms with Crippen molar-refractivity contribution >= 4 is 39.9 Å². The van der Waals surface area contributed by atoms with Crippen LogP contribution in [0, 0.1) is 4.64 Å². The number of thioether (sulfide) groups is 1. The second kappa shape index (κ2) is 5.65. The molecule has 0 bridgehead atoms. The van der Waals surface area contributed by atoms with Gasteiger partial charge in [-0.3, -0.25) is 0 Å². The number of rotatable bonds is 3. The number of nitrogens with one attached hydrogen (secondary N) is 1. The van der Waals surface area contributed by atoms with E-state index in [1.807, 2.05) is 11.8 Å². The molecule has 5 heteroatoms. The van der Waals surface area contributed by atoms with E-state index in [-0.39, 0.29) is 4.75 Å². The van der Waals surface area contributed by atoms with Crippen molar-refractivity contribution in [3.8, 4) is 0 Å². The Kier molecular flexibility index (Phi) is 5.01. The van der Waals surface area contributed by atoms with Gasteiger partial charge in [0, 0.05) is 10.4 Å². The lowest BCUT2D eigenvalue weighted by molar-refractivity contribution is 0.798. The maximum Gasteiger partial charge on any atom is 0.144 e. The van der Waals surface area contributed by atoms with E-state index in [1.54, 1.807) is 0 Å². The number of hydrogen-bond donors (Lipinski definition) is 1. The van der Waals surface area contributed by atoms with E-state index in [2.05, 4.69) is 53.6 Å². The first-order chi connectivity index (χ1) is 7.33. The van der Waals surface area contributed by atoms with Crippen LogP contribution in [0.3, 0.4) is 0 Å². The topological polar surface area (TPSA) is 28.7 Å². The van der Waals surface area contributed by atoms with Gasteiger partial charge in [-0.15, -0.1) is 11.8 Å². The van der Waals surface area contributed by atoms with Crippen molar-refractivity contribution in [3.05, 3.63) is 20.6 Å². The molecule has 1 heterocycles. The molecule has 2 nitrogen and oxygen atoms in total. The van der Waals surface area contributed by atoms with Crippen LogP contribution in [-0.2, 0) is 12.2 Å². The summed E-state index contributed by atoms with van der Waals surface area (Å²) in [7, 11) is 0. The maximum absolute atomic E-state index is 5.21. The second-order valence-corrected chi connectivity index (χ2v) is 7.52. The summed E-state index contributed by atoms with van der Waals surface area (Å²) in [4.78, 5) is 7.71. The normalized spacial score (nSPS) is 11.8. The summed E-state index contributed by atoms with van der Waals surface area (Å²) in [5.41, 5.74) is 1.13. The number of aromatic amines is 1. The van der Waals surface area contributed by atoms with Gasteiger partial charge in [0.2, 0.25) is 0 Å². The lowest BCUT2D eigenvalue weighted by atomic mass is 10.3. The molecule has 0 saturated carbocycles. The third-order valence-corrected chi connectivity index (χ3v) is 4.68. The third kappa shape index (κ3) is 4.18. The second-order valence-electron chi connectivity index (χ2n) is 4.54. The van der Waals surface area contributed by atoms with E-state index in [9.17, 15) is 0 Å². The fourth-order valence-corrected chi connectivity index (χ4v) is 2.56. The van der Waals surface area contributed by atoms with Gasteiger partial charge in [0.1, 0.15) is 10.5 Å². The van der Waals surface area contributed by atoms with Crippen molar-refractivity contribution in [1.82, 2.24) is 9.97 Å². The lowest BCUT2D eigenvalue weighted by Crippen LogP contribution is -2.09. The molecule has 0 spiro atoms. The van der Waals surface area contributed by atoms with Crippen molar-refractivity contribution in [2.24, 2.45) is 0 Å². The van der Waals surface area contributed by atoms with Crippen LogP contribution in [0.2, 0.25) is 0 Å². The van der Waals surface area contributed by atoms with E-state index in [0.29, 0.717) is 4.64 Å². The molecular weight excluding hydrogens is 304 g/mol. The van der Waals surface area contributed by atoms with Gasteiger partial charge in [0.25, 0.3) is 0 Å². The number of nitrogens with zero attached hydrogens (tertiary/aromatic N) is 1. The Balaban J connectivity index is 2.91. The first-order valence-electron chi connectivity index (χ1n) is 5.25. The molecule has 1 rings (SSSR count). The van der Waals surface area contributed by atoms with Crippen LogP contribution in [0.1, 0.15) is 39.2 Å². The number of aromatic nitrogens is 2. The van der Waals surface area contributed by atoms with Gasteiger partial charge in [0.05, 0.1) is 10.2 Å². The van der Waals surface area contributed by atoms with Gasteiger partial charge in [-0.25, -0.2) is 4.98 Å². The van der Waals surface area contributed by atoms with Crippen LogP contribution < -0.4 is 0 Å². The number of halogens is 1. The summed E-state index contributed by atoms with van der Waals surface area (Å²) in [6, 6.07) is 0. The molecule has 0 fully saturated rings. The molecule has 0 aromatic carbocycles. The largest absolute Gasteiger partial charge is 0.345 e. The van der Waals surface area contributed by atoms with E-state index >= 15 is 0 Å². The van der Waals surface area contributed by atoms with E-state index in [1.165, 1.54) is 0 Å². The summed E-state index contributed by atoms with van der Waals surface area (Å²) in [5.74, 6) is 1.83. The molecular formula is C11H17BrN2S2. The van der Waals surface area contributed by atoms with Gasteiger partial charge in [-0.1, -0.05) is 39.9 Å². The summed E-state index contributed by atoms with van der Waals surface area (Å²) in [6.07, 6.45) is 0.930. The van der Waals surface area contributed by atoms with Gasteiger partial charge in [-0.05, 0) is 22.4 Å². The lowest BCUT2D eigenvalue weighted by Gasteiger charge is -2.17. The summed E-state index contributed by atoms with van der Waals surface area (Å²) in [5, 5.41) is 0. The Hall–Kier alpha value is 0.130. The van der Waals surface area contributed by atoms with Crippen molar-refractivity contribution in [2.45, 2.75) is 44.6 Å². The van der Waals surface area contributed by atoms with Gasteiger partial charge in [0.15, 0.2) is 0 Å². The van der Waals surface area contributed by atoms with Crippen LogP contribution in [0.25, 0.3) is 0 Å². The maximum atomic E-state index is 5.21. The molecule has 0 amide bonds. The minimum Gasteiger partial charge on any atom is -0.345 e. The Morgan fingerprint density at radius 1 is 1.44 bits per heavy atom. The van der Waals surface area contributed by atoms with Crippen LogP contribution in [0.4, 0.5) is 0 Å². The van der Waals surface area contributed by atoms with Crippen LogP contribution in [0.5, 0.6) is 0 Å². The highest BCUT2D eigenvalue weighted by molar-refractivity contribution is 9.10. The smallest absolute Gasteiger partial charge is 0.144 e. The molecule has 0 aliphatic heterocycles. The quantitative estimate of drug-likeness (QED) is 0.831. The zero-order valence-electron chi connectivity index (χ0n) is 10.1. The van der Waals surface area contributed by atoms with Crippen LogP contribution in [0.15, 0.2) is 4.47 Å². The molecule has 1 N–H and O–H groups in total. The Morgan fingerprint density at radius 3 is 2.56 bits per heavy atom. The Morgan fingerprint density at radius 2 is 2.06 bits per heavy atom. The standard InChI is InChI=1S/C11H17BrN2S2/c1-5-7-9(12)10(15)14-8(13-7)6-16-11(2,3)4/h5-6H2,1-4H3,(H,13,14,15). The third-order valence-electron chi connectivity index (χ3n) is 1.98. The minimum absolute atomic E-state index is 0.247. The summed E-state index contributed by atoms with van der Waals surface area (Å²) >= 11 is 10.5. The predicted octanol–water partition coefficient (Wildman–Crippen LogP) is 4.50. The highest BCUT2D eigenvalue weighted by Gasteiger charge is 2.12. The molecule has 0 aliphatic carbocycles. The molecule has 90 valence electrons. The van der Waals surface area contributed by atoms with Crippen LogP contribution >= 0.6 is 39.9 Å². The first kappa shape index (κ1) is 14.2. The van der Waals surface area contributed by atoms with Crippen molar-refractivity contribution in [1.29, 1.82) is 0 Å². The SMILES string of the molecule is CCc1[nH]c(CSC(C)(C)C)nc(=S)c1Br. The molecule has 0 atom stereocenters. The fraction of sp³-hybridized carbons (Fsp3) is 0.636. The summed E-state index contributed by atoms with van der Waals surface area (Å²) in [6.45, 7) is 8.70. The Bertz CT molecular complexity index is 421. The zero-order valence-corrected chi connectivity index (χ0v) is 13.3. The molecule has 0 unspecified atom stereocenters. The van der Waals surface area contributed by atoms with E-state index < -0.39 is 0 Å². The Labute approximate surface area is 115 Å². The molecule has 16 heavy (non-hydrogen) atoms. The number of hydrogen-bond acceptors (Lipinski definition) is 3. The van der Waals surface area contributed by atoms with Crippen molar-refractivity contribution in [2.75, 3.05) is 0 Å². The molecule has 1 aromatic rings. The average Bonchev–Trinajstić information content (AvgIpc) is 2.18. The highest BCUT2D eigenvalue weighted by atomic mass is 79.9. The molecule has 0 radical (unpaired) electrons. The monoisotopic (exact) mass is 320 g/mol. The van der Waals surface area contributed by atoms with Gasteiger partial charge in [-0.2, -0.15) is 0 Å². The van der Waals surface area contributed by atoms with Crippen molar-refractivity contribution < 1.29 is 0 Å². The average molecular weight is 321 g/mol. The number of aryl methyl sites for hydroxylation is 1.